The van der Waals surface area contributed by atoms with Crippen LogP contribution >= 0.6 is 0 Å². The Labute approximate surface area is 101 Å². The fraction of sp³-hybridized carbons (Fsp3) is 0.500. The molecule has 0 saturated carbocycles. The Morgan fingerprint density at radius 1 is 1.65 bits per heavy atom. The molecule has 0 spiro atoms. The average Bonchev–Trinajstić information content (AvgIpc) is 2.39. The molecule has 1 aliphatic rings. The van der Waals surface area contributed by atoms with E-state index in [1.54, 1.807) is 17.2 Å². The largest absolute Gasteiger partial charge is 0.373 e. The van der Waals surface area contributed by atoms with E-state index < -0.39 is 0 Å². The zero-order valence-corrected chi connectivity index (χ0v) is 9.93. The van der Waals surface area contributed by atoms with Crippen molar-refractivity contribution in [1.82, 2.24) is 9.88 Å². The van der Waals surface area contributed by atoms with Crippen LogP contribution in [0.25, 0.3) is 0 Å². The van der Waals surface area contributed by atoms with E-state index in [0.717, 1.165) is 5.69 Å². The van der Waals surface area contributed by atoms with Crippen molar-refractivity contribution in [3.8, 4) is 0 Å². The van der Waals surface area contributed by atoms with Crippen LogP contribution in [-0.2, 0) is 4.74 Å². The first-order valence-electron chi connectivity index (χ1n) is 5.74. The molecule has 1 aliphatic heterocycles. The molecule has 1 aromatic rings. The van der Waals surface area contributed by atoms with Gasteiger partial charge in [0.05, 0.1) is 18.3 Å². The molecule has 0 bridgehead atoms. The molecule has 5 nitrogen and oxygen atoms in total. The van der Waals surface area contributed by atoms with Crippen LogP contribution in [0.4, 0.5) is 0 Å². The van der Waals surface area contributed by atoms with Gasteiger partial charge in [0.25, 0.3) is 5.91 Å². The van der Waals surface area contributed by atoms with Gasteiger partial charge in [-0.3, -0.25) is 9.78 Å². The lowest BCUT2D eigenvalue weighted by atomic mass is 10.2. The fourth-order valence-corrected chi connectivity index (χ4v) is 1.82. The number of hydrogen-bond donors (Lipinski definition) is 1. The van der Waals surface area contributed by atoms with E-state index in [1.807, 2.05) is 13.0 Å². The normalized spacial score (nSPS) is 20.4. The topological polar surface area (TPSA) is 68.5 Å². The van der Waals surface area contributed by atoms with Gasteiger partial charge in [0.2, 0.25) is 0 Å². The summed E-state index contributed by atoms with van der Waals surface area (Å²) in [4.78, 5) is 18.1. The van der Waals surface area contributed by atoms with Crippen LogP contribution in [0.15, 0.2) is 18.3 Å². The van der Waals surface area contributed by atoms with Crippen molar-refractivity contribution in [3.63, 3.8) is 0 Å². The van der Waals surface area contributed by atoms with Crippen LogP contribution in [0.5, 0.6) is 0 Å². The first kappa shape index (κ1) is 12.0. The van der Waals surface area contributed by atoms with E-state index in [4.69, 9.17) is 10.5 Å². The van der Waals surface area contributed by atoms with Crippen LogP contribution in [0.1, 0.15) is 16.1 Å². The van der Waals surface area contributed by atoms with Crippen LogP contribution < -0.4 is 5.73 Å². The molecule has 0 unspecified atom stereocenters. The maximum atomic E-state index is 12.2. The molecule has 1 amide bonds. The Morgan fingerprint density at radius 3 is 3.12 bits per heavy atom. The summed E-state index contributed by atoms with van der Waals surface area (Å²) in [5.74, 6) is -0.000694. The second-order valence-electron chi connectivity index (χ2n) is 4.17. The van der Waals surface area contributed by atoms with Crippen molar-refractivity contribution in [2.75, 3.05) is 26.2 Å². The summed E-state index contributed by atoms with van der Waals surface area (Å²) < 4.78 is 5.43. The molecule has 1 saturated heterocycles. The number of nitrogens with zero attached hydrogens (tertiary/aromatic N) is 2. The number of pyridine rings is 1. The lowest BCUT2D eigenvalue weighted by Crippen LogP contribution is -2.48. The highest BCUT2D eigenvalue weighted by molar-refractivity contribution is 5.94. The lowest BCUT2D eigenvalue weighted by Gasteiger charge is -2.32. The molecular weight excluding hydrogens is 218 g/mol. The zero-order chi connectivity index (χ0) is 12.3. The molecule has 0 aromatic carbocycles. The monoisotopic (exact) mass is 235 g/mol. The first-order chi connectivity index (χ1) is 8.20. The molecule has 17 heavy (non-hydrogen) atoms. The highest BCUT2D eigenvalue weighted by Crippen LogP contribution is 2.10. The quantitative estimate of drug-likeness (QED) is 0.794. The number of aromatic nitrogens is 1. The molecule has 0 radical (unpaired) electrons. The second kappa shape index (κ2) is 5.25. The number of carbonyl (C=O) groups is 1. The van der Waals surface area contributed by atoms with E-state index in [0.29, 0.717) is 31.8 Å². The molecule has 2 heterocycles. The van der Waals surface area contributed by atoms with Gasteiger partial charge in [0.15, 0.2) is 0 Å². The van der Waals surface area contributed by atoms with Gasteiger partial charge in [-0.2, -0.15) is 0 Å². The average molecular weight is 235 g/mol. The minimum absolute atomic E-state index is 0.000694. The van der Waals surface area contributed by atoms with Gasteiger partial charge < -0.3 is 15.4 Å². The van der Waals surface area contributed by atoms with Crippen molar-refractivity contribution in [2.45, 2.75) is 13.0 Å². The minimum Gasteiger partial charge on any atom is -0.373 e. The number of morpholine rings is 1. The summed E-state index contributed by atoms with van der Waals surface area (Å²) in [7, 11) is 0. The molecule has 1 fully saturated rings. The Bertz CT molecular complexity index is 391. The Morgan fingerprint density at radius 2 is 2.47 bits per heavy atom. The molecular formula is C12H17N3O2. The minimum atomic E-state index is -0.0499. The highest BCUT2D eigenvalue weighted by atomic mass is 16.5. The maximum absolute atomic E-state index is 12.2. The maximum Gasteiger partial charge on any atom is 0.255 e. The highest BCUT2D eigenvalue weighted by Gasteiger charge is 2.24. The molecule has 1 atom stereocenters. The SMILES string of the molecule is Cc1ccc(C(=O)N2CCO[C@@H](CN)C2)cn1. The Balaban J connectivity index is 2.06. The Kier molecular flexibility index (Phi) is 3.71. The van der Waals surface area contributed by atoms with Crippen LogP contribution in [-0.4, -0.2) is 48.1 Å². The number of rotatable bonds is 2. The number of carbonyl (C=O) groups excluding carboxylic acids is 1. The van der Waals surface area contributed by atoms with Crippen LogP contribution in [0.2, 0.25) is 0 Å². The standard InChI is InChI=1S/C12H17N3O2/c1-9-2-3-10(7-14-9)12(16)15-4-5-17-11(6-13)8-15/h2-3,7,11H,4-6,8,13H2,1H3/t11-/m0/s1. The van der Waals surface area contributed by atoms with E-state index in [9.17, 15) is 4.79 Å². The zero-order valence-electron chi connectivity index (χ0n) is 9.93. The third-order valence-corrected chi connectivity index (χ3v) is 2.85. The van der Waals surface area contributed by atoms with Crippen molar-refractivity contribution in [2.24, 2.45) is 5.73 Å². The van der Waals surface area contributed by atoms with Gasteiger partial charge in [-0.1, -0.05) is 0 Å². The van der Waals surface area contributed by atoms with Gasteiger partial charge in [-0.15, -0.1) is 0 Å². The molecule has 0 aliphatic carbocycles. The van der Waals surface area contributed by atoms with E-state index in [1.165, 1.54) is 0 Å². The van der Waals surface area contributed by atoms with Gasteiger partial charge in [0, 0.05) is 31.5 Å². The molecule has 2 N–H and O–H groups in total. The summed E-state index contributed by atoms with van der Waals surface area (Å²) in [6.45, 7) is 4.06. The number of nitrogens with two attached hydrogens (primary N) is 1. The molecule has 5 heteroatoms. The first-order valence-corrected chi connectivity index (χ1v) is 5.74. The summed E-state index contributed by atoms with van der Waals surface area (Å²) in [5, 5.41) is 0. The number of amides is 1. The van der Waals surface area contributed by atoms with Gasteiger partial charge in [-0.05, 0) is 19.1 Å². The van der Waals surface area contributed by atoms with Crippen molar-refractivity contribution in [1.29, 1.82) is 0 Å². The van der Waals surface area contributed by atoms with Gasteiger partial charge in [-0.25, -0.2) is 0 Å². The van der Waals surface area contributed by atoms with Crippen LogP contribution in [0, 0.1) is 6.92 Å². The predicted molar refractivity (Wildman–Crippen MR) is 63.7 cm³/mol. The fourth-order valence-electron chi connectivity index (χ4n) is 1.82. The van der Waals surface area contributed by atoms with Crippen molar-refractivity contribution < 1.29 is 9.53 Å². The van der Waals surface area contributed by atoms with Crippen molar-refractivity contribution >= 4 is 5.91 Å². The van der Waals surface area contributed by atoms with Crippen molar-refractivity contribution in [3.05, 3.63) is 29.6 Å². The summed E-state index contributed by atoms with van der Waals surface area (Å²) in [6.07, 6.45) is 1.57. The molecule has 1 aromatic heterocycles. The third kappa shape index (κ3) is 2.81. The van der Waals surface area contributed by atoms with Crippen LogP contribution in [0.3, 0.4) is 0 Å². The molecule has 2 rings (SSSR count). The van der Waals surface area contributed by atoms with Gasteiger partial charge >= 0.3 is 0 Å². The second-order valence-corrected chi connectivity index (χ2v) is 4.17. The molecule has 92 valence electrons. The smallest absolute Gasteiger partial charge is 0.255 e. The van der Waals surface area contributed by atoms with E-state index in [-0.39, 0.29) is 12.0 Å². The van der Waals surface area contributed by atoms with E-state index >= 15 is 0 Å². The Hall–Kier alpha value is -1.46. The summed E-state index contributed by atoms with van der Waals surface area (Å²) in [5.41, 5.74) is 7.07. The number of ether oxygens (including phenoxy) is 1. The van der Waals surface area contributed by atoms with E-state index in [2.05, 4.69) is 4.98 Å². The summed E-state index contributed by atoms with van der Waals surface area (Å²) >= 11 is 0. The third-order valence-electron chi connectivity index (χ3n) is 2.85. The number of aryl methyl sites for hydroxylation is 1. The van der Waals surface area contributed by atoms with Gasteiger partial charge in [0.1, 0.15) is 0 Å². The lowest BCUT2D eigenvalue weighted by molar-refractivity contribution is -0.0167. The summed E-state index contributed by atoms with van der Waals surface area (Å²) in [6, 6.07) is 3.64. The number of hydrogen-bond acceptors (Lipinski definition) is 4. The predicted octanol–water partition coefficient (Wildman–Crippen LogP) is 0.190.